The first kappa shape index (κ1) is 11.7. The first-order chi connectivity index (χ1) is 5.29. The Morgan fingerprint density at radius 1 is 1.33 bits per heavy atom. The largest absolute Gasteiger partial charge is 0.466 e. The fraction of sp³-hybridized carbons (Fsp3) is 0.800. The molecule has 0 aromatic heterocycles. The van der Waals surface area contributed by atoms with Gasteiger partial charge in [-0.2, -0.15) is 13.2 Å². The minimum atomic E-state index is -4.85. The number of ether oxygens (including phenoxy) is 2. The van der Waals surface area contributed by atoms with Gasteiger partial charge < -0.3 is 9.47 Å². The molecule has 3 nitrogen and oxygen atoms in total. The molecule has 0 N–H and O–H groups in total. The van der Waals surface area contributed by atoms with E-state index >= 15 is 0 Å². The van der Waals surface area contributed by atoms with Gasteiger partial charge in [-0.1, -0.05) is 0 Å². The second-order valence-electron chi connectivity index (χ2n) is 1.79. The van der Waals surface area contributed by atoms with Gasteiger partial charge in [-0.15, -0.1) is 0 Å². The van der Waals surface area contributed by atoms with E-state index in [-0.39, 0.29) is 0 Å². The Morgan fingerprint density at radius 3 is 1.83 bits per heavy atom. The third-order valence-electron chi connectivity index (χ3n) is 1.09. The number of carbonyl (C=O) groups excluding carboxylic acids is 1. The van der Waals surface area contributed by atoms with Crippen LogP contribution in [0.3, 0.4) is 0 Å². The number of rotatable bonds is 2. The van der Waals surface area contributed by atoms with Gasteiger partial charge in [-0.3, -0.25) is 0 Å². The minimum absolute atomic E-state index is 0.749. The summed E-state index contributed by atoms with van der Waals surface area (Å²) in [5.74, 6) is -1.54. The zero-order chi connectivity index (χ0) is 9.99. The molecule has 0 aliphatic heterocycles. The molecule has 0 saturated heterocycles. The topological polar surface area (TPSA) is 35.5 Å². The monoisotopic (exact) mass is 250 g/mol. The molecule has 7 heteroatoms. The number of esters is 1. The molecule has 72 valence electrons. The molecule has 0 rings (SSSR count). The Hall–Kier alpha value is -0.300. The lowest BCUT2D eigenvalue weighted by molar-refractivity contribution is -0.233. The number of carbonyl (C=O) groups is 1. The molecule has 0 aliphatic rings. The summed E-state index contributed by atoms with van der Waals surface area (Å²) in [4.78, 5) is 10.6. The van der Waals surface area contributed by atoms with E-state index in [4.69, 9.17) is 0 Å². The van der Waals surface area contributed by atoms with E-state index in [1.165, 1.54) is 0 Å². The zero-order valence-electron chi connectivity index (χ0n) is 6.24. The van der Waals surface area contributed by atoms with Gasteiger partial charge in [0.25, 0.3) is 0 Å². The Kier molecular flexibility index (Phi) is 3.52. The first-order valence-corrected chi connectivity index (χ1v) is 3.48. The number of hydrogen-bond donors (Lipinski definition) is 0. The number of methoxy groups -OCH3 is 2. The van der Waals surface area contributed by atoms with Crippen LogP contribution in [-0.4, -0.2) is 30.9 Å². The third kappa shape index (κ3) is 1.89. The summed E-state index contributed by atoms with van der Waals surface area (Å²) in [7, 11) is 1.59. The predicted octanol–water partition coefficient (Wildman–Crippen LogP) is 1.46. The Morgan fingerprint density at radius 2 is 1.75 bits per heavy atom. The van der Waals surface area contributed by atoms with Crippen molar-refractivity contribution in [1.29, 1.82) is 0 Å². The predicted molar refractivity (Wildman–Crippen MR) is 36.7 cm³/mol. The zero-order valence-corrected chi connectivity index (χ0v) is 7.82. The highest BCUT2D eigenvalue weighted by Gasteiger charge is 2.61. The summed E-state index contributed by atoms with van der Waals surface area (Å²) in [5.41, 5.74) is 0. The molecule has 0 aromatic rings. The number of alkyl halides is 4. The van der Waals surface area contributed by atoms with Crippen LogP contribution in [-0.2, 0) is 14.3 Å². The third-order valence-corrected chi connectivity index (χ3v) is 2.19. The smallest absolute Gasteiger partial charge is 0.438 e. The minimum Gasteiger partial charge on any atom is -0.466 e. The normalized spacial score (nSPS) is 16.8. The van der Waals surface area contributed by atoms with Gasteiger partial charge in [0, 0.05) is 7.11 Å². The van der Waals surface area contributed by atoms with Crippen LogP contribution in [0.1, 0.15) is 0 Å². The standard InChI is InChI=1S/C5H6BrF3O3/c1-11-3(10)4(6,12-2)5(7,8)9/h1-2H3. The lowest BCUT2D eigenvalue weighted by Gasteiger charge is -2.24. The maximum absolute atomic E-state index is 12.1. The van der Waals surface area contributed by atoms with Gasteiger partial charge in [-0.05, 0) is 15.9 Å². The highest BCUT2D eigenvalue weighted by Crippen LogP contribution is 2.39. The van der Waals surface area contributed by atoms with Crippen molar-refractivity contribution in [1.82, 2.24) is 0 Å². The molecule has 0 spiro atoms. The van der Waals surface area contributed by atoms with E-state index in [0.717, 1.165) is 14.2 Å². The van der Waals surface area contributed by atoms with Crippen LogP contribution < -0.4 is 0 Å². The fourth-order valence-electron chi connectivity index (χ4n) is 0.446. The summed E-state index contributed by atoms with van der Waals surface area (Å²) >= 11 is 2.11. The molecule has 1 unspecified atom stereocenters. The van der Waals surface area contributed by atoms with Crippen molar-refractivity contribution in [2.45, 2.75) is 10.7 Å². The molecule has 0 saturated carbocycles. The average molecular weight is 251 g/mol. The lowest BCUT2D eigenvalue weighted by Crippen LogP contribution is -2.48. The van der Waals surface area contributed by atoms with Crippen LogP contribution in [0.5, 0.6) is 0 Å². The van der Waals surface area contributed by atoms with E-state index in [1.54, 1.807) is 0 Å². The molecule has 0 radical (unpaired) electrons. The number of halogens is 4. The average Bonchev–Trinajstić information content (AvgIpc) is 1.99. The van der Waals surface area contributed by atoms with Crippen molar-refractivity contribution in [3.05, 3.63) is 0 Å². The lowest BCUT2D eigenvalue weighted by atomic mass is 10.3. The van der Waals surface area contributed by atoms with E-state index < -0.39 is 16.7 Å². The van der Waals surface area contributed by atoms with Crippen LogP contribution >= 0.6 is 15.9 Å². The van der Waals surface area contributed by atoms with Gasteiger partial charge >= 0.3 is 16.7 Å². The summed E-state index contributed by atoms with van der Waals surface area (Å²) in [6, 6.07) is 0. The molecular weight excluding hydrogens is 245 g/mol. The van der Waals surface area contributed by atoms with Crippen LogP contribution in [0.2, 0.25) is 0 Å². The van der Waals surface area contributed by atoms with Gasteiger partial charge in [0.05, 0.1) is 7.11 Å². The maximum atomic E-state index is 12.1. The van der Waals surface area contributed by atoms with Crippen molar-refractivity contribution >= 4 is 21.9 Å². The SMILES string of the molecule is COC(=O)C(Br)(OC)C(F)(F)F. The maximum Gasteiger partial charge on any atom is 0.438 e. The first-order valence-electron chi connectivity index (χ1n) is 2.68. The van der Waals surface area contributed by atoms with E-state index in [0.29, 0.717) is 0 Å². The number of hydrogen-bond acceptors (Lipinski definition) is 3. The highest BCUT2D eigenvalue weighted by molar-refractivity contribution is 9.10. The van der Waals surface area contributed by atoms with Gasteiger partial charge in [-0.25, -0.2) is 4.79 Å². The summed E-state index contributed by atoms with van der Waals surface area (Å²) < 4.78 is 41.0. The highest BCUT2D eigenvalue weighted by atomic mass is 79.9. The van der Waals surface area contributed by atoms with Crippen molar-refractivity contribution < 1.29 is 27.4 Å². The van der Waals surface area contributed by atoms with E-state index in [2.05, 4.69) is 25.4 Å². The van der Waals surface area contributed by atoms with Gasteiger partial charge in [0.1, 0.15) is 0 Å². The molecule has 0 fully saturated rings. The summed E-state index contributed by atoms with van der Waals surface area (Å²) in [5, 5.41) is 0. The van der Waals surface area contributed by atoms with Gasteiger partial charge in [0.15, 0.2) is 0 Å². The van der Waals surface area contributed by atoms with Crippen LogP contribution in [0.4, 0.5) is 13.2 Å². The molecule has 0 bridgehead atoms. The van der Waals surface area contributed by atoms with Crippen LogP contribution in [0, 0.1) is 0 Å². The summed E-state index contributed by atoms with van der Waals surface area (Å²) in [6.45, 7) is 0. The molecule has 0 amide bonds. The van der Waals surface area contributed by atoms with Gasteiger partial charge in [0.2, 0.25) is 0 Å². The molecule has 1 atom stereocenters. The molecule has 0 aromatic carbocycles. The quantitative estimate of drug-likeness (QED) is 0.550. The van der Waals surface area contributed by atoms with Crippen LogP contribution in [0.15, 0.2) is 0 Å². The van der Waals surface area contributed by atoms with Crippen molar-refractivity contribution in [2.75, 3.05) is 14.2 Å². The Labute approximate surface area is 75.0 Å². The Bertz CT molecular complexity index is 181. The van der Waals surface area contributed by atoms with Crippen molar-refractivity contribution in [3.63, 3.8) is 0 Å². The second kappa shape index (κ2) is 3.61. The molecule has 12 heavy (non-hydrogen) atoms. The summed E-state index contributed by atoms with van der Waals surface area (Å²) in [6.07, 6.45) is -4.85. The second-order valence-corrected chi connectivity index (χ2v) is 2.91. The van der Waals surface area contributed by atoms with Crippen molar-refractivity contribution in [2.24, 2.45) is 0 Å². The molecule has 0 heterocycles. The van der Waals surface area contributed by atoms with E-state index in [1.807, 2.05) is 0 Å². The Balaban J connectivity index is 4.80. The van der Waals surface area contributed by atoms with E-state index in [9.17, 15) is 18.0 Å². The van der Waals surface area contributed by atoms with Crippen molar-refractivity contribution in [3.8, 4) is 0 Å². The van der Waals surface area contributed by atoms with Crippen LogP contribution in [0.25, 0.3) is 0 Å². The molecule has 0 aliphatic carbocycles. The molecular formula is C5H6BrF3O3. The fourth-order valence-corrected chi connectivity index (χ4v) is 0.608.